The topological polar surface area (TPSA) is 54.4 Å². The van der Waals surface area contributed by atoms with Gasteiger partial charge in [-0.25, -0.2) is 0 Å². The van der Waals surface area contributed by atoms with Crippen molar-refractivity contribution in [2.75, 3.05) is 0 Å². The zero-order chi connectivity index (χ0) is 11.4. The predicted molar refractivity (Wildman–Crippen MR) is 59.8 cm³/mol. The van der Waals surface area contributed by atoms with Crippen LogP contribution in [0.2, 0.25) is 0 Å². The summed E-state index contributed by atoms with van der Waals surface area (Å²) in [5.74, 6) is -0.700. The third-order valence-corrected chi connectivity index (χ3v) is 2.23. The largest absolute Gasteiger partial charge is 0.481 e. The number of unbranched alkanes of at least 4 members (excludes halogenated alkanes) is 6. The number of aliphatic carboxylic acids is 1. The van der Waals surface area contributed by atoms with Gasteiger partial charge in [-0.3, -0.25) is 9.59 Å². The Balaban J connectivity index is 3.01. The normalized spacial score (nSPS) is 10.7. The molecule has 0 bridgehead atoms. The first kappa shape index (κ1) is 13.9. The summed E-state index contributed by atoms with van der Waals surface area (Å²) in [6, 6.07) is 0. The number of carboxylic acid groups (broad SMARTS) is 1. The van der Waals surface area contributed by atoms with Crippen LogP contribution >= 0.6 is 0 Å². The molecule has 0 aliphatic carbocycles. The lowest BCUT2D eigenvalue weighted by Gasteiger charge is -1.98. The first-order valence-electron chi connectivity index (χ1n) is 5.59. The van der Waals surface area contributed by atoms with Gasteiger partial charge in [-0.05, 0) is 25.3 Å². The van der Waals surface area contributed by atoms with Gasteiger partial charge in [0.25, 0.3) is 0 Å². The molecule has 0 aromatic rings. The van der Waals surface area contributed by atoms with Gasteiger partial charge >= 0.3 is 5.97 Å². The van der Waals surface area contributed by atoms with E-state index < -0.39 is 5.97 Å². The Morgan fingerprint density at radius 1 is 1.00 bits per heavy atom. The average Bonchev–Trinajstić information content (AvgIpc) is 2.20. The average molecular weight is 212 g/mol. The van der Waals surface area contributed by atoms with Crippen molar-refractivity contribution in [3.8, 4) is 0 Å². The molecule has 0 atom stereocenters. The number of carbonyl (C=O) groups is 2. The van der Waals surface area contributed by atoms with E-state index in [1.807, 2.05) is 6.08 Å². The Hall–Kier alpha value is -1.12. The molecule has 0 aromatic heterocycles. The lowest BCUT2D eigenvalue weighted by molar-refractivity contribution is -0.137. The first-order valence-corrected chi connectivity index (χ1v) is 5.59. The molecular weight excluding hydrogens is 192 g/mol. The highest BCUT2D eigenvalue weighted by atomic mass is 16.4. The van der Waals surface area contributed by atoms with Crippen molar-refractivity contribution in [3.05, 3.63) is 12.2 Å². The quantitative estimate of drug-likeness (QED) is 0.344. The third-order valence-electron chi connectivity index (χ3n) is 2.23. The third kappa shape index (κ3) is 12.9. The van der Waals surface area contributed by atoms with Gasteiger partial charge in [-0.1, -0.05) is 31.8 Å². The van der Waals surface area contributed by atoms with Crippen molar-refractivity contribution in [2.24, 2.45) is 0 Å². The minimum absolute atomic E-state index is 0.294. The summed E-state index contributed by atoms with van der Waals surface area (Å²) in [5.41, 5.74) is 0. The van der Waals surface area contributed by atoms with Crippen molar-refractivity contribution < 1.29 is 14.7 Å². The van der Waals surface area contributed by atoms with Gasteiger partial charge in [0, 0.05) is 6.42 Å². The molecule has 3 nitrogen and oxygen atoms in total. The lowest BCUT2D eigenvalue weighted by atomic mass is 10.1. The van der Waals surface area contributed by atoms with E-state index in [1.165, 1.54) is 6.08 Å². The summed E-state index contributed by atoms with van der Waals surface area (Å²) < 4.78 is 0. The highest BCUT2D eigenvalue weighted by Crippen LogP contribution is 2.08. The highest BCUT2D eigenvalue weighted by molar-refractivity contribution is 5.66. The van der Waals surface area contributed by atoms with Crippen LogP contribution in [0.4, 0.5) is 0 Å². The summed E-state index contributed by atoms with van der Waals surface area (Å²) in [4.78, 5) is 20.1. The van der Waals surface area contributed by atoms with Crippen molar-refractivity contribution >= 4 is 12.3 Å². The summed E-state index contributed by atoms with van der Waals surface area (Å²) in [5, 5.41) is 8.40. The maximum Gasteiger partial charge on any atom is 0.303 e. The van der Waals surface area contributed by atoms with E-state index in [0.717, 1.165) is 51.2 Å². The van der Waals surface area contributed by atoms with Crippen molar-refractivity contribution in [3.63, 3.8) is 0 Å². The number of rotatable bonds is 10. The Kier molecular flexibility index (Phi) is 10.1. The molecule has 0 fully saturated rings. The van der Waals surface area contributed by atoms with E-state index in [2.05, 4.69) is 0 Å². The molecule has 0 spiro atoms. The van der Waals surface area contributed by atoms with Gasteiger partial charge in [0.1, 0.15) is 6.29 Å². The number of hydrogen-bond acceptors (Lipinski definition) is 2. The van der Waals surface area contributed by atoms with Gasteiger partial charge in [0.05, 0.1) is 0 Å². The van der Waals surface area contributed by atoms with Crippen LogP contribution in [0, 0.1) is 0 Å². The summed E-state index contributed by atoms with van der Waals surface area (Å²) >= 11 is 0. The van der Waals surface area contributed by atoms with Crippen molar-refractivity contribution in [1.82, 2.24) is 0 Å². The minimum atomic E-state index is -0.700. The molecule has 0 aliphatic rings. The maximum absolute atomic E-state index is 10.2. The fourth-order valence-corrected chi connectivity index (χ4v) is 1.40. The van der Waals surface area contributed by atoms with Crippen LogP contribution < -0.4 is 0 Å². The number of hydrogen-bond donors (Lipinski definition) is 1. The fraction of sp³-hybridized carbons (Fsp3) is 0.667. The Morgan fingerprint density at radius 2 is 1.60 bits per heavy atom. The van der Waals surface area contributed by atoms with Gasteiger partial charge in [-0.2, -0.15) is 0 Å². The van der Waals surface area contributed by atoms with Gasteiger partial charge in [-0.15, -0.1) is 0 Å². The standard InChI is InChI=1S/C12H20O3/c13-11-9-7-5-3-1-2-4-6-8-10-12(14)15/h7,9,11H,1-6,8,10H2,(H,14,15)/b9-7-. The molecule has 86 valence electrons. The van der Waals surface area contributed by atoms with Crippen LogP contribution in [-0.2, 0) is 9.59 Å². The van der Waals surface area contributed by atoms with E-state index in [1.54, 1.807) is 0 Å². The summed E-state index contributed by atoms with van der Waals surface area (Å²) in [6.45, 7) is 0. The Bertz CT molecular complexity index is 197. The Labute approximate surface area is 91.2 Å². The molecule has 1 N–H and O–H groups in total. The highest BCUT2D eigenvalue weighted by Gasteiger charge is 1.95. The van der Waals surface area contributed by atoms with E-state index in [4.69, 9.17) is 5.11 Å². The zero-order valence-corrected chi connectivity index (χ0v) is 9.15. The second-order valence-electron chi connectivity index (χ2n) is 3.62. The van der Waals surface area contributed by atoms with Gasteiger partial charge < -0.3 is 5.11 Å². The molecule has 3 heteroatoms. The molecule has 0 heterocycles. The lowest BCUT2D eigenvalue weighted by Crippen LogP contribution is -1.93. The molecule has 0 aliphatic heterocycles. The minimum Gasteiger partial charge on any atom is -0.481 e. The van der Waals surface area contributed by atoms with Crippen LogP contribution in [0.25, 0.3) is 0 Å². The Morgan fingerprint density at radius 3 is 2.20 bits per heavy atom. The summed E-state index contributed by atoms with van der Waals surface area (Å²) in [6.07, 6.45) is 11.8. The second kappa shape index (κ2) is 11.0. The van der Waals surface area contributed by atoms with Crippen molar-refractivity contribution in [2.45, 2.75) is 51.4 Å². The van der Waals surface area contributed by atoms with E-state index >= 15 is 0 Å². The first-order chi connectivity index (χ1) is 7.27. The molecule has 0 unspecified atom stereocenters. The SMILES string of the molecule is O=C/C=C\CCCCCCCCC(=O)O. The van der Waals surface area contributed by atoms with E-state index in [9.17, 15) is 9.59 Å². The molecule has 0 aromatic carbocycles. The number of carboxylic acids is 1. The zero-order valence-electron chi connectivity index (χ0n) is 9.15. The van der Waals surface area contributed by atoms with Crippen LogP contribution in [0.15, 0.2) is 12.2 Å². The smallest absolute Gasteiger partial charge is 0.303 e. The molecule has 0 rings (SSSR count). The fourth-order valence-electron chi connectivity index (χ4n) is 1.40. The second-order valence-corrected chi connectivity index (χ2v) is 3.62. The van der Waals surface area contributed by atoms with Crippen molar-refractivity contribution in [1.29, 1.82) is 0 Å². The molecule has 0 saturated carbocycles. The van der Waals surface area contributed by atoms with Crippen LogP contribution in [0.3, 0.4) is 0 Å². The van der Waals surface area contributed by atoms with E-state index in [-0.39, 0.29) is 0 Å². The monoisotopic (exact) mass is 212 g/mol. The molecule has 0 radical (unpaired) electrons. The van der Waals surface area contributed by atoms with Gasteiger partial charge in [0.2, 0.25) is 0 Å². The van der Waals surface area contributed by atoms with Gasteiger partial charge in [0.15, 0.2) is 0 Å². The van der Waals surface area contributed by atoms with E-state index in [0.29, 0.717) is 6.42 Å². The summed E-state index contributed by atoms with van der Waals surface area (Å²) in [7, 11) is 0. The number of carbonyl (C=O) groups excluding carboxylic acids is 1. The molecule has 15 heavy (non-hydrogen) atoms. The maximum atomic E-state index is 10.2. The number of allylic oxidation sites excluding steroid dienone is 2. The van der Waals surface area contributed by atoms with Crippen LogP contribution in [0.5, 0.6) is 0 Å². The van der Waals surface area contributed by atoms with Crippen LogP contribution in [-0.4, -0.2) is 17.4 Å². The molecule has 0 amide bonds. The van der Waals surface area contributed by atoms with Crippen LogP contribution in [0.1, 0.15) is 51.4 Å². The molecular formula is C12H20O3. The molecule has 0 saturated heterocycles. The number of aldehydes is 1. The predicted octanol–water partition coefficient (Wildman–Crippen LogP) is 2.95.